The number of hydrogen-bond acceptors (Lipinski definition) is 3. The smallest absolute Gasteiger partial charge is 0.207 e. The number of benzene rings is 3. The van der Waals surface area contributed by atoms with E-state index in [2.05, 4.69) is 17.8 Å². The largest absolute Gasteiger partial charge is 0.245 e. The van der Waals surface area contributed by atoms with Crippen LogP contribution in [0.3, 0.4) is 0 Å². The van der Waals surface area contributed by atoms with Crippen LogP contribution in [0.5, 0.6) is 0 Å². The molecular formula is C25H21NO2S2. The Kier molecular flexibility index (Phi) is 7.38. The maximum Gasteiger partial charge on any atom is 0.245 e. The molecule has 1 atom stereocenters. The van der Waals surface area contributed by atoms with Crippen LogP contribution in [0.1, 0.15) is 17.2 Å². The van der Waals surface area contributed by atoms with Gasteiger partial charge >= 0.3 is 0 Å². The van der Waals surface area contributed by atoms with Gasteiger partial charge in [-0.05, 0) is 48.2 Å². The molecule has 0 bridgehead atoms. The minimum absolute atomic E-state index is 0.0877. The Balaban J connectivity index is 2.12. The molecule has 0 aliphatic carbocycles. The van der Waals surface area contributed by atoms with E-state index in [0.717, 1.165) is 16.0 Å². The molecule has 1 unspecified atom stereocenters. The summed E-state index contributed by atoms with van der Waals surface area (Å²) in [5, 5.41) is 0. The zero-order valence-corrected chi connectivity index (χ0v) is 18.2. The fraction of sp³-hybridized carbons (Fsp3) is 0.120. The quantitative estimate of drug-likeness (QED) is 0.415. The second-order valence-electron chi connectivity index (χ2n) is 6.38. The van der Waals surface area contributed by atoms with Crippen molar-refractivity contribution in [1.82, 2.24) is 4.31 Å². The van der Waals surface area contributed by atoms with Gasteiger partial charge in [0.2, 0.25) is 10.0 Å². The van der Waals surface area contributed by atoms with E-state index < -0.39 is 16.1 Å². The molecule has 0 N–H and O–H groups in total. The van der Waals surface area contributed by atoms with Crippen LogP contribution in [-0.2, 0) is 10.0 Å². The van der Waals surface area contributed by atoms with Gasteiger partial charge in [-0.15, -0.1) is 18.2 Å². The topological polar surface area (TPSA) is 37.4 Å². The summed E-state index contributed by atoms with van der Waals surface area (Å²) in [6.07, 6.45) is 7.56. The Morgan fingerprint density at radius 3 is 2.10 bits per heavy atom. The van der Waals surface area contributed by atoms with E-state index in [0.29, 0.717) is 0 Å². The van der Waals surface area contributed by atoms with Crippen LogP contribution in [0, 0.1) is 24.2 Å². The number of terminal acetylenes is 1. The first-order chi connectivity index (χ1) is 14.6. The van der Waals surface area contributed by atoms with Crippen molar-refractivity contribution >= 4 is 21.8 Å². The van der Waals surface area contributed by atoms with Gasteiger partial charge < -0.3 is 0 Å². The van der Waals surface area contributed by atoms with Crippen LogP contribution in [-0.4, -0.2) is 25.5 Å². The Labute approximate surface area is 183 Å². The molecular weight excluding hydrogens is 410 g/mol. The van der Waals surface area contributed by atoms with E-state index in [1.807, 2.05) is 60.9 Å². The van der Waals surface area contributed by atoms with Crippen LogP contribution >= 0.6 is 11.8 Å². The summed E-state index contributed by atoms with van der Waals surface area (Å²) in [4.78, 5) is 1.27. The molecule has 0 amide bonds. The lowest BCUT2D eigenvalue weighted by molar-refractivity contribution is 0.410. The predicted molar refractivity (Wildman–Crippen MR) is 123 cm³/mol. The highest BCUT2D eigenvalue weighted by atomic mass is 32.2. The van der Waals surface area contributed by atoms with Gasteiger partial charge in [0.05, 0.1) is 11.4 Å². The lowest BCUT2D eigenvalue weighted by Crippen LogP contribution is -2.34. The van der Waals surface area contributed by atoms with Crippen LogP contribution in [0.4, 0.5) is 0 Å². The second-order valence-corrected chi connectivity index (χ2v) is 9.15. The maximum absolute atomic E-state index is 13.4. The van der Waals surface area contributed by atoms with Crippen molar-refractivity contribution in [2.75, 3.05) is 12.8 Å². The third-order valence-electron chi connectivity index (χ3n) is 4.44. The van der Waals surface area contributed by atoms with Gasteiger partial charge in [0.15, 0.2) is 0 Å². The van der Waals surface area contributed by atoms with Gasteiger partial charge in [-0.2, -0.15) is 4.31 Å². The fourth-order valence-electron chi connectivity index (χ4n) is 2.91. The Hall–Kier alpha value is -2.96. The second kappa shape index (κ2) is 10.2. The van der Waals surface area contributed by atoms with Crippen molar-refractivity contribution in [3.05, 3.63) is 96.1 Å². The Morgan fingerprint density at radius 1 is 0.933 bits per heavy atom. The van der Waals surface area contributed by atoms with Gasteiger partial charge in [-0.25, -0.2) is 8.42 Å². The van der Waals surface area contributed by atoms with E-state index in [9.17, 15) is 8.42 Å². The standard InChI is InChI=1S/C25H21NO2S2/c1-3-20-26(30(27,28)24-12-8-5-9-13-24)25(19-14-21-10-6-4-7-11-21)22-15-17-23(29-2)18-16-22/h1,4-13,15-18,25H,20H2,2H3. The molecule has 0 fully saturated rings. The average Bonchev–Trinajstić information content (AvgIpc) is 2.80. The number of thioether (sulfide) groups is 1. The van der Waals surface area contributed by atoms with Crippen molar-refractivity contribution in [2.45, 2.75) is 15.8 Å². The average molecular weight is 432 g/mol. The zero-order chi connectivity index (χ0) is 21.4. The van der Waals surface area contributed by atoms with Crippen molar-refractivity contribution in [3.8, 4) is 24.2 Å². The highest BCUT2D eigenvalue weighted by Gasteiger charge is 2.31. The van der Waals surface area contributed by atoms with Crippen LogP contribution in [0.25, 0.3) is 0 Å². The third kappa shape index (κ3) is 5.14. The minimum Gasteiger partial charge on any atom is -0.207 e. The van der Waals surface area contributed by atoms with E-state index in [4.69, 9.17) is 6.42 Å². The van der Waals surface area contributed by atoms with E-state index in [-0.39, 0.29) is 11.4 Å². The minimum atomic E-state index is -3.85. The molecule has 3 aromatic rings. The first-order valence-electron chi connectivity index (χ1n) is 9.27. The third-order valence-corrected chi connectivity index (χ3v) is 7.01. The summed E-state index contributed by atoms with van der Waals surface area (Å²) >= 11 is 1.62. The molecule has 0 heterocycles. The van der Waals surface area contributed by atoms with Crippen molar-refractivity contribution in [3.63, 3.8) is 0 Å². The van der Waals surface area contributed by atoms with Crippen LogP contribution in [0.15, 0.2) is 94.7 Å². The predicted octanol–water partition coefficient (Wildman–Crippen LogP) is 4.83. The molecule has 0 spiro atoms. The molecule has 30 heavy (non-hydrogen) atoms. The van der Waals surface area contributed by atoms with Crippen LogP contribution < -0.4 is 0 Å². The zero-order valence-electron chi connectivity index (χ0n) is 16.5. The summed E-state index contributed by atoms with van der Waals surface area (Å²) in [5.74, 6) is 8.74. The molecule has 0 aliphatic rings. The summed E-state index contributed by atoms with van der Waals surface area (Å²) in [6, 6.07) is 24.8. The monoisotopic (exact) mass is 431 g/mol. The van der Waals surface area contributed by atoms with Crippen molar-refractivity contribution < 1.29 is 8.42 Å². The molecule has 0 aliphatic heterocycles. The van der Waals surface area contributed by atoms with E-state index in [1.54, 1.807) is 42.1 Å². The van der Waals surface area contributed by atoms with Gasteiger partial charge in [0.25, 0.3) is 0 Å². The fourth-order valence-corrected chi connectivity index (χ4v) is 4.79. The van der Waals surface area contributed by atoms with E-state index >= 15 is 0 Å². The van der Waals surface area contributed by atoms with Gasteiger partial charge in [0.1, 0.15) is 6.04 Å². The number of rotatable bonds is 6. The Morgan fingerprint density at radius 2 is 1.53 bits per heavy atom. The summed E-state index contributed by atoms with van der Waals surface area (Å²) in [6.45, 7) is -0.0877. The highest BCUT2D eigenvalue weighted by Crippen LogP contribution is 2.28. The van der Waals surface area contributed by atoms with Gasteiger partial charge in [-0.1, -0.05) is 66.3 Å². The first-order valence-corrected chi connectivity index (χ1v) is 11.9. The maximum atomic E-state index is 13.4. The first kappa shape index (κ1) is 21.7. The summed E-state index contributed by atoms with van der Waals surface area (Å²) in [5.41, 5.74) is 1.58. The molecule has 3 nitrogen and oxygen atoms in total. The summed E-state index contributed by atoms with van der Waals surface area (Å²) in [7, 11) is -3.85. The Bertz CT molecular complexity index is 1170. The molecule has 0 saturated heterocycles. The molecule has 5 heteroatoms. The lowest BCUT2D eigenvalue weighted by Gasteiger charge is -2.26. The molecule has 3 aromatic carbocycles. The molecule has 150 valence electrons. The molecule has 0 saturated carbocycles. The normalized spacial score (nSPS) is 11.9. The SMILES string of the molecule is C#CCN(C(C#Cc1ccccc1)c1ccc(SC)cc1)S(=O)(=O)c1ccccc1. The summed E-state index contributed by atoms with van der Waals surface area (Å²) < 4.78 is 28.1. The molecule has 3 rings (SSSR count). The van der Waals surface area contributed by atoms with Crippen LogP contribution in [0.2, 0.25) is 0 Å². The van der Waals surface area contributed by atoms with Gasteiger partial charge in [0, 0.05) is 10.5 Å². The van der Waals surface area contributed by atoms with E-state index in [1.165, 1.54) is 4.31 Å². The highest BCUT2D eigenvalue weighted by molar-refractivity contribution is 7.98. The number of hydrogen-bond donors (Lipinski definition) is 0. The number of nitrogens with zero attached hydrogens (tertiary/aromatic N) is 1. The van der Waals surface area contributed by atoms with Crippen molar-refractivity contribution in [2.24, 2.45) is 0 Å². The lowest BCUT2D eigenvalue weighted by atomic mass is 10.1. The molecule has 0 aromatic heterocycles. The van der Waals surface area contributed by atoms with Gasteiger partial charge in [-0.3, -0.25) is 0 Å². The van der Waals surface area contributed by atoms with Crippen molar-refractivity contribution in [1.29, 1.82) is 0 Å². The molecule has 0 radical (unpaired) electrons. The number of sulfonamides is 1.